The number of likely N-dealkylation sites (tertiary alicyclic amines) is 1. The van der Waals surface area contributed by atoms with Crippen LogP contribution in [0.25, 0.3) is 0 Å². The number of carbonyl (C=O) groups is 1. The number of rotatable bonds is 4. The Bertz CT molecular complexity index is 472. The first-order chi connectivity index (χ1) is 9.56. The Morgan fingerprint density at radius 3 is 2.95 bits per heavy atom. The largest absolute Gasteiger partial charge is 0.342 e. The quantitative estimate of drug-likeness (QED) is 0.915. The Morgan fingerprint density at radius 2 is 2.30 bits per heavy atom. The molecule has 4 nitrogen and oxygen atoms in total. The fourth-order valence-corrected chi connectivity index (χ4v) is 3.43. The van der Waals surface area contributed by atoms with E-state index < -0.39 is 0 Å². The van der Waals surface area contributed by atoms with Gasteiger partial charge in [-0.2, -0.15) is 0 Å². The van der Waals surface area contributed by atoms with Gasteiger partial charge in [-0.25, -0.2) is 0 Å². The molecule has 1 aromatic heterocycles. The van der Waals surface area contributed by atoms with E-state index in [1.807, 2.05) is 21.7 Å². The van der Waals surface area contributed by atoms with Gasteiger partial charge in [0.2, 0.25) is 0 Å². The van der Waals surface area contributed by atoms with Gasteiger partial charge >= 0.3 is 0 Å². The minimum atomic E-state index is 0.117. The molecule has 0 saturated carbocycles. The Balaban J connectivity index is 2.21. The van der Waals surface area contributed by atoms with Crippen LogP contribution in [0, 0.1) is 5.92 Å². The summed E-state index contributed by atoms with van der Waals surface area (Å²) >= 11 is 3.47. The lowest BCUT2D eigenvalue weighted by molar-refractivity contribution is 0.0562. The van der Waals surface area contributed by atoms with Crippen LogP contribution >= 0.6 is 15.9 Å². The lowest BCUT2D eigenvalue weighted by Crippen LogP contribution is -2.49. The van der Waals surface area contributed by atoms with Gasteiger partial charge in [0.1, 0.15) is 5.69 Å². The summed E-state index contributed by atoms with van der Waals surface area (Å²) in [7, 11) is 0. The monoisotopic (exact) mass is 341 g/mol. The van der Waals surface area contributed by atoms with Gasteiger partial charge in [-0.3, -0.25) is 4.79 Å². The summed E-state index contributed by atoms with van der Waals surface area (Å²) in [6.07, 6.45) is 5.08. The molecule has 1 fully saturated rings. The van der Waals surface area contributed by atoms with Crippen LogP contribution in [-0.2, 0) is 6.54 Å². The zero-order valence-electron chi connectivity index (χ0n) is 12.3. The van der Waals surface area contributed by atoms with Crippen LogP contribution in [0.5, 0.6) is 0 Å². The lowest BCUT2D eigenvalue weighted by Gasteiger charge is -2.38. The minimum absolute atomic E-state index is 0.117. The first-order valence-electron chi connectivity index (χ1n) is 7.43. The number of hydrogen-bond acceptors (Lipinski definition) is 2. The molecule has 0 bridgehead atoms. The van der Waals surface area contributed by atoms with Crippen molar-refractivity contribution in [2.24, 2.45) is 11.7 Å². The number of aromatic nitrogens is 1. The highest BCUT2D eigenvalue weighted by Gasteiger charge is 2.30. The third kappa shape index (κ3) is 3.26. The van der Waals surface area contributed by atoms with E-state index in [4.69, 9.17) is 5.73 Å². The van der Waals surface area contributed by atoms with Crippen molar-refractivity contribution in [2.45, 2.75) is 45.7 Å². The van der Waals surface area contributed by atoms with Crippen LogP contribution < -0.4 is 5.73 Å². The van der Waals surface area contributed by atoms with Crippen LogP contribution in [0.2, 0.25) is 0 Å². The van der Waals surface area contributed by atoms with Gasteiger partial charge in [0, 0.05) is 36.3 Å². The van der Waals surface area contributed by atoms with Crippen molar-refractivity contribution >= 4 is 21.8 Å². The maximum absolute atomic E-state index is 12.8. The molecule has 0 aromatic carbocycles. The maximum atomic E-state index is 12.8. The molecule has 0 radical (unpaired) electrons. The second-order valence-corrected chi connectivity index (χ2v) is 6.67. The van der Waals surface area contributed by atoms with Crippen LogP contribution in [-0.4, -0.2) is 34.5 Å². The molecule has 20 heavy (non-hydrogen) atoms. The highest BCUT2D eigenvalue weighted by molar-refractivity contribution is 9.10. The Labute approximate surface area is 129 Å². The molecule has 1 aliphatic rings. The van der Waals surface area contributed by atoms with Gasteiger partial charge in [-0.15, -0.1) is 0 Å². The number of amides is 1. The molecule has 0 aliphatic carbocycles. The maximum Gasteiger partial charge on any atom is 0.270 e. The van der Waals surface area contributed by atoms with Crippen molar-refractivity contribution in [1.82, 2.24) is 9.47 Å². The average Bonchev–Trinajstić information content (AvgIpc) is 2.79. The number of hydrogen-bond donors (Lipinski definition) is 1. The summed E-state index contributed by atoms with van der Waals surface area (Å²) in [6, 6.07) is 2.10. The molecule has 2 N–H and O–H groups in total. The van der Waals surface area contributed by atoms with E-state index in [1.165, 1.54) is 0 Å². The van der Waals surface area contributed by atoms with Gasteiger partial charge in [-0.1, -0.05) is 13.8 Å². The van der Waals surface area contributed by atoms with Crippen molar-refractivity contribution in [3.05, 3.63) is 22.4 Å². The van der Waals surface area contributed by atoms with Crippen LogP contribution in [0.1, 0.15) is 43.6 Å². The van der Waals surface area contributed by atoms with Gasteiger partial charge < -0.3 is 15.2 Å². The van der Waals surface area contributed by atoms with Crippen molar-refractivity contribution in [1.29, 1.82) is 0 Å². The standard InChI is InChI=1S/C15H24BrN3O/c1-3-5-18-10-12(16)8-14(18)15(20)19-6-4-11(2)7-13(19)9-17/h8,10-11,13H,3-7,9,17H2,1-2H3. The number of halogens is 1. The van der Waals surface area contributed by atoms with Gasteiger partial charge in [-0.05, 0) is 47.2 Å². The van der Waals surface area contributed by atoms with Gasteiger partial charge in [0.05, 0.1) is 0 Å². The highest BCUT2D eigenvalue weighted by atomic mass is 79.9. The summed E-state index contributed by atoms with van der Waals surface area (Å²) in [5.41, 5.74) is 6.63. The minimum Gasteiger partial charge on any atom is -0.342 e. The molecule has 2 rings (SSSR count). The molecule has 1 aliphatic heterocycles. The molecule has 0 spiro atoms. The topological polar surface area (TPSA) is 51.3 Å². The lowest BCUT2D eigenvalue weighted by atomic mass is 9.92. The van der Waals surface area contributed by atoms with E-state index in [2.05, 4.69) is 29.8 Å². The SMILES string of the molecule is CCCn1cc(Br)cc1C(=O)N1CCC(C)CC1CN. The van der Waals surface area contributed by atoms with Crippen LogP contribution in [0.3, 0.4) is 0 Å². The van der Waals surface area contributed by atoms with E-state index in [0.717, 1.165) is 42.5 Å². The summed E-state index contributed by atoms with van der Waals surface area (Å²) < 4.78 is 3.00. The van der Waals surface area contributed by atoms with Gasteiger partial charge in [0.15, 0.2) is 0 Å². The molecule has 2 heterocycles. The van der Waals surface area contributed by atoms with Crippen molar-refractivity contribution in [3.63, 3.8) is 0 Å². The van der Waals surface area contributed by atoms with Crippen molar-refractivity contribution in [2.75, 3.05) is 13.1 Å². The Hall–Kier alpha value is -0.810. The molecular formula is C15H24BrN3O. The van der Waals surface area contributed by atoms with E-state index in [1.54, 1.807) is 0 Å². The number of nitrogens with two attached hydrogens (primary N) is 1. The van der Waals surface area contributed by atoms with Gasteiger partial charge in [0.25, 0.3) is 5.91 Å². The molecule has 1 saturated heterocycles. The predicted molar refractivity (Wildman–Crippen MR) is 84.7 cm³/mol. The number of aryl methyl sites for hydroxylation is 1. The van der Waals surface area contributed by atoms with E-state index in [9.17, 15) is 4.79 Å². The molecule has 1 amide bonds. The zero-order chi connectivity index (χ0) is 14.7. The molecule has 2 unspecified atom stereocenters. The normalized spacial score (nSPS) is 23.1. The second kappa shape index (κ2) is 6.76. The first-order valence-corrected chi connectivity index (χ1v) is 8.22. The smallest absolute Gasteiger partial charge is 0.270 e. The summed E-state index contributed by atoms with van der Waals surface area (Å²) in [5, 5.41) is 0. The van der Waals surface area contributed by atoms with E-state index in [-0.39, 0.29) is 11.9 Å². The Morgan fingerprint density at radius 1 is 1.55 bits per heavy atom. The summed E-state index contributed by atoms with van der Waals surface area (Å²) in [6.45, 7) is 6.58. The fraction of sp³-hybridized carbons (Fsp3) is 0.667. The summed E-state index contributed by atoms with van der Waals surface area (Å²) in [5.74, 6) is 0.772. The molecule has 1 aromatic rings. The average molecular weight is 342 g/mol. The third-order valence-corrected chi connectivity index (χ3v) is 4.49. The second-order valence-electron chi connectivity index (χ2n) is 5.75. The first kappa shape index (κ1) is 15.6. The van der Waals surface area contributed by atoms with Crippen LogP contribution in [0.15, 0.2) is 16.7 Å². The number of piperidine rings is 1. The number of carbonyl (C=O) groups excluding carboxylic acids is 1. The fourth-order valence-electron chi connectivity index (χ4n) is 2.97. The molecule has 2 atom stereocenters. The van der Waals surface area contributed by atoms with Crippen molar-refractivity contribution in [3.8, 4) is 0 Å². The number of nitrogens with zero attached hydrogens (tertiary/aromatic N) is 2. The predicted octanol–water partition coefficient (Wildman–Crippen LogP) is 2.86. The summed E-state index contributed by atoms with van der Waals surface area (Å²) in [4.78, 5) is 14.8. The molecular weight excluding hydrogens is 318 g/mol. The Kier molecular flexibility index (Phi) is 5.27. The third-order valence-electron chi connectivity index (χ3n) is 4.06. The van der Waals surface area contributed by atoms with Crippen molar-refractivity contribution < 1.29 is 4.79 Å². The van der Waals surface area contributed by atoms with E-state index in [0.29, 0.717) is 12.5 Å². The van der Waals surface area contributed by atoms with Crippen LogP contribution in [0.4, 0.5) is 0 Å². The zero-order valence-corrected chi connectivity index (χ0v) is 13.9. The molecule has 112 valence electrons. The van der Waals surface area contributed by atoms with E-state index >= 15 is 0 Å². The highest BCUT2D eigenvalue weighted by Crippen LogP contribution is 2.25. The molecule has 5 heteroatoms.